The number of aryl methyl sites for hydroxylation is 1. The normalized spacial score (nSPS) is 12.0. The van der Waals surface area contributed by atoms with Crippen molar-refractivity contribution in [2.24, 2.45) is 0 Å². The maximum atomic E-state index is 12.8. The first kappa shape index (κ1) is 15.8. The molecule has 0 unspecified atom stereocenters. The highest BCUT2D eigenvalue weighted by molar-refractivity contribution is 7.92. The van der Waals surface area contributed by atoms with Crippen LogP contribution in [0.5, 0.6) is 0 Å². The molecular weight excluding hydrogens is 323 g/mol. The molecule has 6 nitrogen and oxygen atoms in total. The van der Waals surface area contributed by atoms with Gasteiger partial charge in [-0.1, -0.05) is 5.16 Å². The van der Waals surface area contributed by atoms with E-state index in [9.17, 15) is 21.6 Å². The molecule has 0 bridgehead atoms. The number of aromatic nitrogens is 1. The minimum Gasteiger partial charge on any atom is -0.360 e. The summed E-state index contributed by atoms with van der Waals surface area (Å²) < 4.78 is 69.3. The topological polar surface area (TPSA) is 96.0 Å². The largest absolute Gasteiger partial charge is 0.417 e. The fourth-order valence-corrected chi connectivity index (χ4v) is 2.64. The molecule has 22 heavy (non-hydrogen) atoms. The molecule has 0 aliphatic heterocycles. The third-order valence-electron chi connectivity index (χ3n) is 2.59. The fraction of sp³-hybridized carbons (Fsp3) is 0.167. The maximum absolute atomic E-state index is 12.8. The van der Waals surface area contributed by atoms with Crippen molar-refractivity contribution >= 4 is 15.8 Å². The van der Waals surface area contributed by atoms with Crippen LogP contribution in [0.15, 0.2) is 33.7 Å². The lowest BCUT2D eigenvalue weighted by Gasteiger charge is -2.11. The lowest BCUT2D eigenvalue weighted by atomic mass is 10.1. The summed E-state index contributed by atoms with van der Waals surface area (Å²) in [4.78, 5) is -0.639. The molecule has 0 fully saturated rings. The Kier molecular flexibility index (Phi) is 3.85. The molecule has 0 aliphatic carbocycles. The highest BCUT2D eigenvalue weighted by Gasteiger charge is 2.35. The second-order valence-electron chi connectivity index (χ2n) is 4.25. The average Bonchev–Trinajstić information content (AvgIpc) is 2.81. The summed E-state index contributed by atoms with van der Waals surface area (Å²) in [5, 5.41) is 12.1. The number of hydrogen-bond donors (Lipinski definition) is 1. The molecule has 1 aromatic carbocycles. The number of rotatable bonds is 3. The van der Waals surface area contributed by atoms with E-state index in [0.29, 0.717) is 11.8 Å². The van der Waals surface area contributed by atoms with Crippen molar-refractivity contribution in [1.82, 2.24) is 5.16 Å². The molecule has 2 aromatic rings. The van der Waals surface area contributed by atoms with Crippen molar-refractivity contribution in [1.29, 1.82) is 5.26 Å². The SMILES string of the molecule is Cc1cc(NS(=O)(=O)c2ccc(C#N)c(C(F)(F)F)c2)no1. The van der Waals surface area contributed by atoms with Gasteiger partial charge in [-0.15, -0.1) is 0 Å². The minimum absolute atomic E-state index is 0.157. The van der Waals surface area contributed by atoms with Crippen molar-refractivity contribution in [3.63, 3.8) is 0 Å². The highest BCUT2D eigenvalue weighted by atomic mass is 32.2. The van der Waals surface area contributed by atoms with Gasteiger partial charge in [0.1, 0.15) is 5.76 Å². The van der Waals surface area contributed by atoms with Crippen LogP contribution in [-0.4, -0.2) is 13.6 Å². The summed E-state index contributed by atoms with van der Waals surface area (Å²) in [6.07, 6.45) is -4.85. The van der Waals surface area contributed by atoms with Gasteiger partial charge >= 0.3 is 6.18 Å². The third-order valence-corrected chi connectivity index (χ3v) is 3.95. The zero-order chi connectivity index (χ0) is 16.5. The van der Waals surface area contributed by atoms with Crippen molar-refractivity contribution in [2.45, 2.75) is 18.0 Å². The van der Waals surface area contributed by atoms with E-state index in [4.69, 9.17) is 5.26 Å². The third kappa shape index (κ3) is 3.20. The second kappa shape index (κ2) is 5.34. The second-order valence-corrected chi connectivity index (χ2v) is 5.93. The number of sulfonamides is 1. The van der Waals surface area contributed by atoms with Gasteiger partial charge in [0.2, 0.25) is 0 Å². The molecule has 0 saturated carbocycles. The van der Waals surface area contributed by atoms with E-state index in [1.54, 1.807) is 0 Å². The van der Waals surface area contributed by atoms with Crippen LogP contribution in [0.4, 0.5) is 19.0 Å². The smallest absolute Gasteiger partial charge is 0.360 e. The predicted octanol–water partition coefficient (Wildman–Crippen LogP) is 2.67. The number of alkyl halides is 3. The highest BCUT2D eigenvalue weighted by Crippen LogP contribution is 2.33. The Morgan fingerprint density at radius 3 is 2.50 bits per heavy atom. The van der Waals surface area contributed by atoms with Gasteiger partial charge in [0.05, 0.1) is 22.1 Å². The summed E-state index contributed by atoms with van der Waals surface area (Å²) in [5.74, 6) is 0.170. The Balaban J connectivity index is 2.46. The monoisotopic (exact) mass is 331 g/mol. The maximum Gasteiger partial charge on any atom is 0.417 e. The summed E-state index contributed by atoms with van der Waals surface area (Å²) in [6, 6.07) is 4.74. The van der Waals surface area contributed by atoms with Gasteiger partial charge in [0.15, 0.2) is 5.82 Å². The molecule has 0 radical (unpaired) electrons. The number of halogens is 3. The van der Waals surface area contributed by atoms with Crippen molar-refractivity contribution in [3.05, 3.63) is 41.2 Å². The van der Waals surface area contributed by atoms with E-state index in [-0.39, 0.29) is 5.82 Å². The standard InChI is InChI=1S/C12H8F3N3O3S/c1-7-4-11(17-21-7)18-22(19,20)9-3-2-8(6-16)10(5-9)12(13,14)15/h2-5H,1H3,(H,17,18). The Bertz CT molecular complexity index is 850. The molecule has 0 aliphatic rings. The molecule has 0 spiro atoms. The minimum atomic E-state index is -4.85. The number of nitriles is 1. The van der Waals surface area contributed by atoms with E-state index in [1.807, 2.05) is 4.72 Å². The van der Waals surface area contributed by atoms with Gasteiger partial charge in [-0.3, -0.25) is 4.72 Å². The molecule has 1 N–H and O–H groups in total. The van der Waals surface area contributed by atoms with Crippen LogP contribution < -0.4 is 4.72 Å². The first-order valence-corrected chi connectivity index (χ1v) is 7.19. The van der Waals surface area contributed by atoms with Gasteiger partial charge in [-0.05, 0) is 25.1 Å². The molecule has 1 aromatic heterocycles. The molecule has 0 amide bonds. The Morgan fingerprint density at radius 2 is 2.00 bits per heavy atom. The molecule has 1 heterocycles. The molecule has 0 saturated heterocycles. The first-order valence-electron chi connectivity index (χ1n) is 5.71. The zero-order valence-electron chi connectivity index (χ0n) is 11.0. The molecule has 116 valence electrons. The number of anilines is 1. The summed E-state index contributed by atoms with van der Waals surface area (Å²) in [6.45, 7) is 1.52. The fourth-order valence-electron chi connectivity index (χ4n) is 1.63. The van der Waals surface area contributed by atoms with Crippen molar-refractivity contribution in [2.75, 3.05) is 4.72 Å². The van der Waals surface area contributed by atoms with Crippen LogP contribution in [0.1, 0.15) is 16.9 Å². The molecule has 0 atom stereocenters. The molecular formula is C12H8F3N3O3S. The van der Waals surface area contributed by atoms with Crippen molar-refractivity contribution in [3.8, 4) is 6.07 Å². The van der Waals surface area contributed by atoms with E-state index in [2.05, 4.69) is 9.68 Å². The van der Waals surface area contributed by atoms with Crippen molar-refractivity contribution < 1.29 is 26.1 Å². The summed E-state index contributed by atoms with van der Waals surface area (Å²) in [7, 11) is -4.29. The van der Waals surface area contributed by atoms with E-state index >= 15 is 0 Å². The van der Waals surface area contributed by atoms with E-state index < -0.39 is 32.2 Å². The predicted molar refractivity (Wildman–Crippen MR) is 68.2 cm³/mol. The van der Waals surface area contributed by atoms with Gasteiger partial charge in [0, 0.05) is 6.07 Å². The van der Waals surface area contributed by atoms with Gasteiger partial charge in [0.25, 0.3) is 10.0 Å². The number of benzene rings is 1. The first-order chi connectivity index (χ1) is 10.1. The Hall–Kier alpha value is -2.54. The van der Waals surface area contributed by atoms with Crippen LogP contribution in [0.3, 0.4) is 0 Å². The summed E-state index contributed by atoms with van der Waals surface area (Å²) >= 11 is 0. The van der Waals surface area contributed by atoms with E-state index in [0.717, 1.165) is 12.1 Å². The van der Waals surface area contributed by atoms with Gasteiger partial charge < -0.3 is 4.52 Å². The van der Waals surface area contributed by atoms with Gasteiger partial charge in [-0.25, -0.2) is 8.42 Å². The quantitative estimate of drug-likeness (QED) is 0.933. The zero-order valence-corrected chi connectivity index (χ0v) is 11.8. The Labute approximate surface area is 123 Å². The van der Waals surface area contributed by atoms with E-state index in [1.165, 1.54) is 19.1 Å². The lowest BCUT2D eigenvalue weighted by Crippen LogP contribution is -2.15. The van der Waals surface area contributed by atoms with Gasteiger partial charge in [-0.2, -0.15) is 18.4 Å². The molecule has 2 rings (SSSR count). The average molecular weight is 331 g/mol. The van der Waals surface area contributed by atoms with Crippen LogP contribution >= 0.6 is 0 Å². The van der Waals surface area contributed by atoms with Crippen LogP contribution in [0.25, 0.3) is 0 Å². The van der Waals surface area contributed by atoms with Crippen LogP contribution in [0.2, 0.25) is 0 Å². The summed E-state index contributed by atoms with van der Waals surface area (Å²) in [5.41, 5.74) is -1.99. The van der Waals surface area contributed by atoms with Crippen LogP contribution in [0, 0.1) is 18.3 Å². The number of hydrogen-bond acceptors (Lipinski definition) is 5. The van der Waals surface area contributed by atoms with Crippen LogP contribution in [-0.2, 0) is 16.2 Å². The molecule has 10 heteroatoms. The Morgan fingerprint density at radius 1 is 1.32 bits per heavy atom. The number of nitrogens with zero attached hydrogens (tertiary/aromatic N) is 2. The number of nitrogens with one attached hydrogen (secondary N) is 1. The lowest BCUT2D eigenvalue weighted by molar-refractivity contribution is -0.137.